The number of carbonyl (C=O) groups is 3. The van der Waals surface area contributed by atoms with Crippen LogP contribution in [0.1, 0.15) is 126 Å². The van der Waals surface area contributed by atoms with Crippen molar-refractivity contribution in [3.63, 3.8) is 0 Å². The van der Waals surface area contributed by atoms with Gasteiger partial charge in [0.05, 0.1) is 17.2 Å². The monoisotopic (exact) mass is 1070 g/mol. The van der Waals surface area contributed by atoms with E-state index in [2.05, 4.69) is 0 Å². The number of methoxy groups -OCH3 is 3. The minimum Gasteiger partial charge on any atom is -0.456 e. The third-order valence-corrected chi connectivity index (χ3v) is 15.1. The number of fused-ring (bicyclic) bond motifs is 6. The highest BCUT2D eigenvalue weighted by molar-refractivity contribution is 6.67. The zero-order valence-corrected chi connectivity index (χ0v) is 43.4. The van der Waals surface area contributed by atoms with Crippen molar-refractivity contribution in [1.29, 1.82) is 0 Å². The van der Waals surface area contributed by atoms with Gasteiger partial charge >= 0.3 is 11.9 Å². The molecule has 3 spiro atoms. The van der Waals surface area contributed by atoms with Crippen molar-refractivity contribution in [2.45, 2.75) is 203 Å². The van der Waals surface area contributed by atoms with Crippen LogP contribution in [0.5, 0.6) is 0 Å². The lowest BCUT2D eigenvalue weighted by molar-refractivity contribution is -0.289. The van der Waals surface area contributed by atoms with Crippen molar-refractivity contribution in [2.24, 2.45) is 0 Å². The predicted molar refractivity (Wildman–Crippen MR) is 270 cm³/mol. The van der Waals surface area contributed by atoms with E-state index in [1.807, 2.05) is 84.0 Å². The molecule has 0 amide bonds. The molecule has 4 unspecified atom stereocenters. The fourth-order valence-electron chi connectivity index (χ4n) is 11.2. The largest absolute Gasteiger partial charge is 0.456 e. The van der Waals surface area contributed by atoms with Crippen LogP contribution in [-0.4, -0.2) is 152 Å². The average molecular weight is 1070 g/mol. The number of hydrogen-bond donors (Lipinski definition) is 1. The lowest BCUT2D eigenvalue weighted by atomic mass is 9.72. The van der Waals surface area contributed by atoms with Crippen molar-refractivity contribution < 1.29 is 85.8 Å². The lowest BCUT2D eigenvalue weighted by Gasteiger charge is -2.47. The summed E-state index contributed by atoms with van der Waals surface area (Å²) in [4.78, 5) is 35.2. The molecule has 15 atom stereocenters. The van der Waals surface area contributed by atoms with Gasteiger partial charge in [-0.05, 0) is 116 Å². The van der Waals surface area contributed by atoms with E-state index in [1.54, 1.807) is 69.9 Å². The Morgan fingerprint density at radius 2 is 0.773 bits per heavy atom. The molecular formula is C56H75ClO18. The van der Waals surface area contributed by atoms with Crippen LogP contribution in [0.4, 0.5) is 0 Å². The molecule has 3 aromatic rings. The van der Waals surface area contributed by atoms with Crippen LogP contribution in [0.25, 0.3) is 0 Å². The van der Waals surface area contributed by atoms with E-state index in [0.717, 1.165) is 38.5 Å². The number of halogens is 1. The van der Waals surface area contributed by atoms with Crippen LogP contribution in [0, 0.1) is 0 Å². The first-order valence-electron chi connectivity index (χ1n) is 24.8. The minimum atomic E-state index is -0.702. The first-order chi connectivity index (χ1) is 34.7. The summed E-state index contributed by atoms with van der Waals surface area (Å²) in [6.07, 6.45) is 0.134. The van der Waals surface area contributed by atoms with Gasteiger partial charge in [0.25, 0.3) is 5.24 Å². The Hall–Kier alpha value is -3.96. The molecule has 19 heteroatoms. The number of rotatable bonds is 8. The van der Waals surface area contributed by atoms with Crippen LogP contribution in [0.3, 0.4) is 0 Å². The van der Waals surface area contributed by atoms with Gasteiger partial charge in [0.15, 0.2) is 36.2 Å². The number of ether oxygens (including phenoxy) is 14. The Morgan fingerprint density at radius 1 is 0.467 bits per heavy atom. The van der Waals surface area contributed by atoms with Gasteiger partial charge in [-0.2, -0.15) is 0 Å². The summed E-state index contributed by atoms with van der Waals surface area (Å²) in [6.45, 7) is 11.2. The molecule has 12 rings (SSSR count). The smallest absolute Gasteiger partial charge is 0.338 e. The zero-order valence-electron chi connectivity index (χ0n) is 42.6. The second-order valence-electron chi connectivity index (χ2n) is 20.9. The van der Waals surface area contributed by atoms with Crippen molar-refractivity contribution in [3.8, 4) is 0 Å². The van der Waals surface area contributed by atoms with Crippen molar-refractivity contribution in [2.75, 3.05) is 21.3 Å². The van der Waals surface area contributed by atoms with E-state index in [0.29, 0.717) is 16.7 Å². The third kappa shape index (κ3) is 11.3. The molecule has 18 nitrogen and oxygen atoms in total. The quantitative estimate of drug-likeness (QED) is 0.167. The van der Waals surface area contributed by atoms with Crippen LogP contribution in [0.2, 0.25) is 0 Å². The fourth-order valence-corrected chi connectivity index (χ4v) is 11.3. The Morgan fingerprint density at radius 3 is 1.03 bits per heavy atom. The van der Waals surface area contributed by atoms with E-state index in [4.69, 9.17) is 77.9 Å². The molecule has 9 fully saturated rings. The number of carbonyl (C=O) groups excluding carboxylic acids is 3. The van der Waals surface area contributed by atoms with Gasteiger partial charge in [-0.1, -0.05) is 81.6 Å². The minimum absolute atomic E-state index is 0. The van der Waals surface area contributed by atoms with Gasteiger partial charge in [0, 0.05) is 26.9 Å². The molecule has 9 aliphatic rings. The van der Waals surface area contributed by atoms with Crippen LogP contribution in [0.15, 0.2) is 91.0 Å². The van der Waals surface area contributed by atoms with Gasteiger partial charge in [-0.15, -0.1) is 0 Å². The molecule has 6 heterocycles. The summed E-state index contributed by atoms with van der Waals surface area (Å²) in [6, 6.07) is 26.7. The van der Waals surface area contributed by atoms with Crippen molar-refractivity contribution in [1.82, 2.24) is 0 Å². The molecule has 1 N–H and O–H groups in total. The fraction of sp³-hybridized carbons (Fsp3) is 0.625. The van der Waals surface area contributed by atoms with Crippen molar-refractivity contribution >= 4 is 28.8 Å². The highest BCUT2D eigenvalue weighted by Gasteiger charge is 2.72. The summed E-state index contributed by atoms with van der Waals surface area (Å²) in [5, 5.41) is 9.51. The first-order valence-corrected chi connectivity index (χ1v) is 25.2. The third-order valence-electron chi connectivity index (χ3n) is 14.9. The van der Waals surface area contributed by atoms with E-state index in [1.165, 1.54) is 0 Å². The average Bonchev–Trinajstić information content (AvgIpc) is 4.19. The van der Waals surface area contributed by atoms with E-state index in [9.17, 15) is 19.5 Å². The Bertz CT molecular complexity index is 2300. The summed E-state index contributed by atoms with van der Waals surface area (Å²) in [5.74, 6) is -2.73. The molecular weight excluding hydrogens is 996 g/mol. The molecule has 0 bridgehead atoms. The van der Waals surface area contributed by atoms with Gasteiger partial charge in [-0.25, -0.2) is 9.59 Å². The van der Waals surface area contributed by atoms with Crippen molar-refractivity contribution in [3.05, 3.63) is 108 Å². The highest BCUT2D eigenvalue weighted by Crippen LogP contribution is 2.56. The SMILES string of the molecule is C.C.CO[C@@H]1O[C@@]2(CCC2O)[C@@H]2OC(C)(C)OC12.CO[C@@H]1O[C@@]2(CC[C@@H]2OC(=O)c2ccccc2)[C@@H]2OC(C)(C)OC12.CO[C@@H]1O[C@@]2(CC[C@H]2OC(=O)c2ccccc2)[C@@H]2OC(C)(C)OC12.O=C(Cl)c1ccccc1. The van der Waals surface area contributed by atoms with Crippen LogP contribution in [-0.2, 0) is 66.3 Å². The summed E-state index contributed by atoms with van der Waals surface area (Å²) < 4.78 is 81.1. The van der Waals surface area contributed by atoms with Crippen LogP contribution < -0.4 is 0 Å². The number of aliphatic hydroxyl groups excluding tert-OH is 1. The number of esters is 2. The molecule has 6 aliphatic heterocycles. The van der Waals surface area contributed by atoms with Crippen LogP contribution >= 0.6 is 11.6 Å². The molecule has 3 aromatic carbocycles. The lowest BCUT2D eigenvalue weighted by Crippen LogP contribution is -2.61. The zero-order chi connectivity index (χ0) is 52.1. The van der Waals surface area contributed by atoms with E-state index >= 15 is 0 Å². The second kappa shape index (κ2) is 22.8. The number of aliphatic hydroxyl groups is 1. The predicted octanol–water partition coefficient (Wildman–Crippen LogP) is 8.28. The Labute approximate surface area is 445 Å². The van der Waals surface area contributed by atoms with Gasteiger partial charge in [0.1, 0.15) is 65.6 Å². The molecule has 0 radical (unpaired) electrons. The Kier molecular flexibility index (Phi) is 17.8. The molecule has 3 saturated carbocycles. The summed E-state index contributed by atoms with van der Waals surface area (Å²) in [5.41, 5.74) is -0.395. The molecule has 6 saturated heterocycles. The Balaban J connectivity index is 0.000000152. The summed E-state index contributed by atoms with van der Waals surface area (Å²) in [7, 11) is 4.75. The number of hydrogen-bond acceptors (Lipinski definition) is 18. The molecule has 3 aliphatic carbocycles. The highest BCUT2D eigenvalue weighted by atomic mass is 35.5. The van der Waals surface area contributed by atoms with Gasteiger partial charge < -0.3 is 71.4 Å². The summed E-state index contributed by atoms with van der Waals surface area (Å²) >= 11 is 5.16. The van der Waals surface area contributed by atoms with E-state index < -0.39 is 64.4 Å². The second-order valence-corrected chi connectivity index (χ2v) is 21.2. The maximum atomic E-state index is 12.4. The van der Waals surface area contributed by atoms with Gasteiger partial charge in [0.2, 0.25) is 0 Å². The maximum Gasteiger partial charge on any atom is 0.338 e. The van der Waals surface area contributed by atoms with Gasteiger partial charge in [-0.3, -0.25) is 4.79 Å². The normalized spacial score (nSPS) is 37.9. The first kappa shape index (κ1) is 58.7. The molecule has 414 valence electrons. The number of benzene rings is 3. The molecule has 0 aromatic heterocycles. The topological polar surface area (TPSA) is 201 Å². The molecule has 75 heavy (non-hydrogen) atoms. The maximum absolute atomic E-state index is 12.4. The standard InChI is InChI=1S/2C18H22O6.C11H18O5.C7H5ClO.2CH4/c2*1-17(2)22-13-14(23-17)18(24-16(13)20-3)10-9-12(18)21-15(19)11-7-5-4-6-8-11;1-10(2)14-7-8(15-10)11(5-4-6(11)12)16-9(7)13-3;8-7(9)6-4-2-1-3-5-6;;/h2*4-8,12-14,16H,9-10H2,1-3H3;6-9,12H,4-5H2,1-3H3;1-5H;2*1H4/t12-,13?,14+,16+,18+;12-,13?,14-,16-,18-;6?,7?,8-,9-,11-;;;/m011.../s1. The van der Waals surface area contributed by atoms with E-state index in [-0.39, 0.29) is 75.6 Å².